The maximum absolute atomic E-state index is 6.05. The SMILES string of the molecule is CCCCN(CCCC)CCCCOc1ccc(C/C=C/c2ccccc2SCC=C(C)CCC=C(C)CCC=C(C)C)cc1. The number of hydrogen-bond donors (Lipinski definition) is 0. The molecule has 2 aromatic rings. The summed E-state index contributed by atoms with van der Waals surface area (Å²) in [6, 6.07) is 17.4. The van der Waals surface area contributed by atoms with Gasteiger partial charge in [0.25, 0.3) is 0 Å². The van der Waals surface area contributed by atoms with Gasteiger partial charge < -0.3 is 9.64 Å². The van der Waals surface area contributed by atoms with Crippen LogP contribution in [0.4, 0.5) is 0 Å². The second-order valence-corrected chi connectivity index (χ2v) is 13.7. The Hall–Kier alpha value is -2.49. The van der Waals surface area contributed by atoms with E-state index in [4.69, 9.17) is 4.74 Å². The molecule has 0 aromatic heterocycles. The highest BCUT2D eigenvalue weighted by atomic mass is 32.2. The first-order chi connectivity index (χ1) is 21.9. The van der Waals surface area contributed by atoms with Crippen molar-refractivity contribution in [3.8, 4) is 5.75 Å². The van der Waals surface area contributed by atoms with Crippen LogP contribution >= 0.6 is 11.8 Å². The van der Waals surface area contributed by atoms with Crippen LogP contribution < -0.4 is 4.74 Å². The lowest BCUT2D eigenvalue weighted by Crippen LogP contribution is -2.27. The van der Waals surface area contributed by atoms with Crippen molar-refractivity contribution in [1.82, 2.24) is 4.90 Å². The van der Waals surface area contributed by atoms with Crippen LogP contribution in [0.15, 0.2) is 94.4 Å². The van der Waals surface area contributed by atoms with Crippen molar-refractivity contribution in [1.29, 1.82) is 0 Å². The van der Waals surface area contributed by atoms with Gasteiger partial charge in [-0.25, -0.2) is 0 Å². The van der Waals surface area contributed by atoms with Gasteiger partial charge >= 0.3 is 0 Å². The molecule has 0 fully saturated rings. The number of rotatable bonds is 24. The van der Waals surface area contributed by atoms with E-state index in [1.54, 1.807) is 0 Å². The predicted octanol–water partition coefficient (Wildman–Crippen LogP) is 12.5. The lowest BCUT2D eigenvalue weighted by molar-refractivity contribution is 0.243. The topological polar surface area (TPSA) is 12.5 Å². The molecule has 2 aromatic carbocycles. The van der Waals surface area contributed by atoms with Crippen molar-refractivity contribution < 1.29 is 4.74 Å². The molecule has 0 saturated carbocycles. The highest BCUT2D eigenvalue weighted by molar-refractivity contribution is 7.99. The molecule has 0 radical (unpaired) electrons. The Bertz CT molecular complexity index is 1160. The van der Waals surface area contributed by atoms with Gasteiger partial charge in [-0.1, -0.05) is 104 Å². The summed E-state index contributed by atoms with van der Waals surface area (Å²) in [6.45, 7) is 17.9. The van der Waals surface area contributed by atoms with Crippen molar-refractivity contribution in [3.63, 3.8) is 0 Å². The minimum absolute atomic E-state index is 0.797. The van der Waals surface area contributed by atoms with Crippen LogP contribution in [0.25, 0.3) is 6.08 Å². The Morgan fingerprint density at radius 3 is 2.07 bits per heavy atom. The Kier molecular flexibility index (Phi) is 21.2. The fourth-order valence-corrected chi connectivity index (χ4v) is 6.16. The second kappa shape index (κ2) is 24.7. The van der Waals surface area contributed by atoms with Gasteiger partial charge in [-0.2, -0.15) is 0 Å². The summed E-state index contributed by atoms with van der Waals surface area (Å²) in [5.41, 5.74) is 7.01. The Morgan fingerprint density at radius 1 is 0.733 bits per heavy atom. The molecule has 0 N–H and O–H groups in total. The first-order valence-electron chi connectivity index (χ1n) is 17.7. The normalized spacial score (nSPS) is 12.3. The first kappa shape index (κ1) is 38.7. The van der Waals surface area contributed by atoms with Gasteiger partial charge in [-0.05, 0) is 134 Å². The van der Waals surface area contributed by atoms with E-state index in [1.165, 1.54) is 90.9 Å². The number of unbranched alkanes of at least 4 members (excludes halogenated alkanes) is 3. The van der Waals surface area contributed by atoms with Gasteiger partial charge in [0, 0.05) is 10.6 Å². The summed E-state index contributed by atoms with van der Waals surface area (Å²) in [7, 11) is 0. The maximum Gasteiger partial charge on any atom is 0.119 e. The highest BCUT2D eigenvalue weighted by Gasteiger charge is 2.04. The molecule has 3 heteroatoms. The van der Waals surface area contributed by atoms with Gasteiger partial charge in [-0.15, -0.1) is 11.8 Å². The second-order valence-electron chi connectivity index (χ2n) is 12.7. The third-order valence-electron chi connectivity index (χ3n) is 8.08. The van der Waals surface area contributed by atoms with Crippen molar-refractivity contribution >= 4 is 17.8 Å². The summed E-state index contributed by atoms with van der Waals surface area (Å²) < 4.78 is 6.05. The minimum Gasteiger partial charge on any atom is -0.494 e. The Balaban J connectivity index is 1.73. The zero-order valence-corrected chi connectivity index (χ0v) is 30.4. The molecule has 0 heterocycles. The van der Waals surface area contributed by atoms with Crippen LogP contribution in [0.1, 0.15) is 117 Å². The van der Waals surface area contributed by atoms with Crippen molar-refractivity contribution in [2.24, 2.45) is 0 Å². The van der Waals surface area contributed by atoms with Crippen molar-refractivity contribution in [2.45, 2.75) is 117 Å². The summed E-state index contributed by atoms with van der Waals surface area (Å²) >= 11 is 1.93. The van der Waals surface area contributed by atoms with Crippen LogP contribution in [0.5, 0.6) is 5.75 Å². The van der Waals surface area contributed by atoms with E-state index in [-0.39, 0.29) is 0 Å². The van der Waals surface area contributed by atoms with Crippen LogP contribution in [0.2, 0.25) is 0 Å². The fourth-order valence-electron chi connectivity index (χ4n) is 5.13. The van der Waals surface area contributed by atoms with Gasteiger partial charge in [0.05, 0.1) is 6.61 Å². The van der Waals surface area contributed by atoms with E-state index in [0.29, 0.717) is 0 Å². The van der Waals surface area contributed by atoms with E-state index >= 15 is 0 Å². The molecule has 0 saturated heterocycles. The molecule has 0 spiro atoms. The average molecular weight is 630 g/mol. The highest BCUT2D eigenvalue weighted by Crippen LogP contribution is 2.25. The standard InChI is InChI=1S/C42H63NOS/c1-7-9-31-43(32-10-8-2)33-13-14-34-44-41-28-26-39(27-29-41)22-17-24-40-23-11-12-25-42(40)45-35-30-38(6)21-16-20-37(5)19-15-18-36(3)4/h11-12,17-18,20,23-30H,7-10,13-16,19,21-22,31-35H2,1-6H3/b24-17+,37-20?,38-30?. The molecule has 0 bridgehead atoms. The first-order valence-corrected chi connectivity index (χ1v) is 18.7. The van der Waals surface area contributed by atoms with E-state index in [9.17, 15) is 0 Å². The van der Waals surface area contributed by atoms with E-state index in [0.717, 1.165) is 50.2 Å². The van der Waals surface area contributed by atoms with E-state index < -0.39 is 0 Å². The number of thioether (sulfide) groups is 1. The molecule has 0 aliphatic rings. The minimum atomic E-state index is 0.797. The molecule has 0 atom stereocenters. The summed E-state index contributed by atoms with van der Waals surface area (Å²) in [4.78, 5) is 3.98. The van der Waals surface area contributed by atoms with E-state index in [1.807, 2.05) is 11.8 Å². The quantitative estimate of drug-likeness (QED) is 0.0651. The zero-order chi connectivity index (χ0) is 32.5. The van der Waals surface area contributed by atoms with Gasteiger partial charge in [0.2, 0.25) is 0 Å². The number of nitrogens with zero attached hydrogens (tertiary/aromatic N) is 1. The van der Waals surface area contributed by atoms with Crippen molar-refractivity contribution in [3.05, 3.63) is 101 Å². The molecule has 2 nitrogen and oxygen atoms in total. The zero-order valence-electron chi connectivity index (χ0n) is 29.6. The van der Waals surface area contributed by atoms with Gasteiger partial charge in [0.15, 0.2) is 0 Å². The van der Waals surface area contributed by atoms with E-state index in [2.05, 4.69) is 125 Å². The van der Waals surface area contributed by atoms with Gasteiger partial charge in [-0.3, -0.25) is 0 Å². The molecule has 2 rings (SSSR count). The summed E-state index contributed by atoms with van der Waals surface area (Å²) in [5.74, 6) is 1.99. The molecule has 0 aliphatic heterocycles. The number of ether oxygens (including phenoxy) is 1. The van der Waals surface area contributed by atoms with Gasteiger partial charge in [0.1, 0.15) is 5.75 Å². The summed E-state index contributed by atoms with van der Waals surface area (Å²) in [6.07, 6.45) is 24.7. The van der Waals surface area contributed by atoms with Crippen LogP contribution in [0.3, 0.4) is 0 Å². The molecular formula is C42H63NOS. The molecule has 45 heavy (non-hydrogen) atoms. The predicted molar refractivity (Wildman–Crippen MR) is 203 cm³/mol. The largest absolute Gasteiger partial charge is 0.494 e. The molecule has 0 amide bonds. The number of allylic oxidation sites excluding steroid dienone is 6. The Labute approximate surface area is 282 Å². The molecular weight excluding hydrogens is 567 g/mol. The maximum atomic E-state index is 6.05. The van der Waals surface area contributed by atoms with Crippen molar-refractivity contribution in [2.75, 3.05) is 32.0 Å². The lowest BCUT2D eigenvalue weighted by Gasteiger charge is -2.21. The van der Waals surface area contributed by atoms with Crippen LogP contribution in [-0.4, -0.2) is 36.9 Å². The third kappa shape index (κ3) is 18.9. The number of hydrogen-bond acceptors (Lipinski definition) is 3. The molecule has 0 unspecified atom stereocenters. The third-order valence-corrected chi connectivity index (χ3v) is 9.10. The Morgan fingerprint density at radius 2 is 1.38 bits per heavy atom. The fraction of sp³-hybridized carbons (Fsp3) is 0.524. The smallest absolute Gasteiger partial charge is 0.119 e. The monoisotopic (exact) mass is 629 g/mol. The lowest BCUT2D eigenvalue weighted by atomic mass is 10.1. The average Bonchev–Trinajstić information content (AvgIpc) is 3.03. The molecule has 0 aliphatic carbocycles. The van der Waals surface area contributed by atoms with Crippen LogP contribution in [-0.2, 0) is 6.42 Å². The summed E-state index contributed by atoms with van der Waals surface area (Å²) in [5, 5.41) is 0. The number of benzene rings is 2. The molecule has 248 valence electrons. The van der Waals surface area contributed by atoms with Crippen LogP contribution in [0, 0.1) is 0 Å².